The van der Waals surface area contributed by atoms with Crippen LogP contribution >= 0.6 is 69.6 Å². The lowest BCUT2D eigenvalue weighted by molar-refractivity contribution is -0.332. The zero-order chi connectivity index (χ0) is 19.1. The summed E-state index contributed by atoms with van der Waals surface area (Å²) < 4.78 is 0. The van der Waals surface area contributed by atoms with E-state index in [1.807, 2.05) is 0 Å². The van der Waals surface area contributed by atoms with E-state index in [0.29, 0.717) is 0 Å². The van der Waals surface area contributed by atoms with Crippen LogP contribution in [0.1, 0.15) is 11.1 Å². The van der Waals surface area contributed by atoms with Crippen LogP contribution in [-0.2, 0) is 15.0 Å². The number of aliphatic carboxylic acids is 2. The van der Waals surface area contributed by atoms with Crippen LogP contribution in [0.4, 0.5) is 0 Å². The molecule has 25 heavy (non-hydrogen) atoms. The number of hydrogen-bond donors (Lipinski definition) is 0. The Labute approximate surface area is 171 Å². The summed E-state index contributed by atoms with van der Waals surface area (Å²) in [6.07, 6.45) is 0. The quantitative estimate of drug-likeness (QED) is 0.517. The summed E-state index contributed by atoms with van der Waals surface area (Å²) in [5.41, 5.74) is -3.82. The van der Waals surface area contributed by atoms with Gasteiger partial charge in [0.1, 0.15) is 5.41 Å². The van der Waals surface area contributed by atoms with Gasteiger partial charge in [0, 0.05) is 0 Å². The maximum atomic E-state index is 12.0. The fraction of sp³-hybridized carbons (Fsp3) is 0.0667. The van der Waals surface area contributed by atoms with E-state index in [9.17, 15) is 19.8 Å². The molecule has 0 heterocycles. The highest BCUT2D eigenvalue weighted by Crippen LogP contribution is 2.46. The van der Waals surface area contributed by atoms with Gasteiger partial charge in [0.25, 0.3) is 0 Å². The molecule has 2 rings (SSSR count). The van der Waals surface area contributed by atoms with Crippen molar-refractivity contribution in [3.8, 4) is 0 Å². The number of carboxylic acids is 2. The first-order valence-corrected chi connectivity index (χ1v) is 8.54. The molecule has 0 saturated heterocycles. The minimum Gasteiger partial charge on any atom is -0.548 e. The average Bonchev–Trinajstić information content (AvgIpc) is 2.54. The lowest BCUT2D eigenvalue weighted by Crippen LogP contribution is -2.58. The molecule has 0 amide bonds. The highest BCUT2D eigenvalue weighted by molar-refractivity contribution is 6.49. The molecule has 0 aromatic heterocycles. The number of carbonyl (C=O) groups excluding carboxylic acids is 2. The second kappa shape index (κ2) is 7.39. The molecule has 0 aliphatic rings. The van der Waals surface area contributed by atoms with Crippen molar-refractivity contribution in [2.24, 2.45) is 0 Å². The van der Waals surface area contributed by atoms with Crippen LogP contribution in [0.3, 0.4) is 0 Å². The van der Waals surface area contributed by atoms with Gasteiger partial charge in [-0.3, -0.25) is 0 Å². The molecule has 0 aliphatic heterocycles. The van der Waals surface area contributed by atoms with Gasteiger partial charge in [0.05, 0.1) is 42.1 Å². The predicted molar refractivity (Wildman–Crippen MR) is 93.7 cm³/mol. The molecule has 2 aromatic rings. The monoisotopic (exact) mass is 458 g/mol. The topological polar surface area (TPSA) is 80.3 Å². The van der Waals surface area contributed by atoms with Crippen molar-refractivity contribution in [3.63, 3.8) is 0 Å². The summed E-state index contributed by atoms with van der Waals surface area (Å²) in [6, 6.07) is 4.50. The predicted octanol–water partition coefficient (Wildman–Crippen LogP) is 3.39. The van der Waals surface area contributed by atoms with E-state index in [1.54, 1.807) is 0 Å². The number of halogens is 6. The van der Waals surface area contributed by atoms with Gasteiger partial charge in [-0.05, 0) is 23.3 Å². The summed E-state index contributed by atoms with van der Waals surface area (Å²) in [5.74, 6) is -4.12. The Morgan fingerprint density at radius 1 is 0.640 bits per heavy atom. The van der Waals surface area contributed by atoms with Gasteiger partial charge >= 0.3 is 0 Å². The zero-order valence-electron chi connectivity index (χ0n) is 11.7. The van der Waals surface area contributed by atoms with Gasteiger partial charge in [-0.25, -0.2) is 0 Å². The van der Waals surface area contributed by atoms with Crippen molar-refractivity contribution in [2.45, 2.75) is 5.41 Å². The van der Waals surface area contributed by atoms with Gasteiger partial charge in [0.2, 0.25) is 0 Å². The number of hydrogen-bond acceptors (Lipinski definition) is 4. The van der Waals surface area contributed by atoms with E-state index in [2.05, 4.69) is 0 Å². The Balaban J connectivity index is 3.01. The Hall–Kier alpha value is -0.880. The fourth-order valence-corrected chi connectivity index (χ4v) is 3.65. The third-order valence-corrected chi connectivity index (χ3v) is 6.08. The number of rotatable bonds is 4. The molecule has 0 saturated carbocycles. The molecule has 0 unspecified atom stereocenters. The molecule has 0 fully saturated rings. The smallest absolute Gasteiger partial charge is 0.102 e. The van der Waals surface area contributed by atoms with Crippen molar-refractivity contribution in [3.05, 3.63) is 65.5 Å². The minimum absolute atomic E-state index is 0.0127. The van der Waals surface area contributed by atoms with Crippen LogP contribution in [0.5, 0.6) is 0 Å². The van der Waals surface area contributed by atoms with E-state index >= 15 is 0 Å². The van der Waals surface area contributed by atoms with Gasteiger partial charge < -0.3 is 19.8 Å². The molecule has 2 aromatic carbocycles. The molecule has 0 N–H and O–H groups in total. The summed E-state index contributed by atoms with van der Waals surface area (Å²) in [6.45, 7) is 0. The highest BCUT2D eigenvalue weighted by Gasteiger charge is 2.42. The van der Waals surface area contributed by atoms with Crippen LogP contribution in [-0.4, -0.2) is 11.9 Å². The molecular formula is C15H4Cl6O4-2. The van der Waals surface area contributed by atoms with Crippen LogP contribution in [0.2, 0.25) is 30.1 Å². The maximum absolute atomic E-state index is 12.0. The first-order valence-electron chi connectivity index (χ1n) is 6.27. The standard InChI is InChI=1S/C15H6Cl6O4/c16-7-3-1-5(9(18)11(7)20)15(13(22)23,14(24)25)6-2-4-8(17)12(21)10(6)19/h1-4H,(H,22,23)(H,24,25)/p-2. The van der Waals surface area contributed by atoms with Crippen LogP contribution in [0.25, 0.3) is 0 Å². The van der Waals surface area contributed by atoms with Crippen molar-refractivity contribution in [2.75, 3.05) is 0 Å². The fourth-order valence-electron chi connectivity index (χ4n) is 2.30. The highest BCUT2D eigenvalue weighted by atomic mass is 35.5. The van der Waals surface area contributed by atoms with Crippen LogP contribution in [0.15, 0.2) is 24.3 Å². The second-order valence-corrected chi connectivity index (χ2v) is 7.10. The van der Waals surface area contributed by atoms with Gasteiger partial charge in [-0.1, -0.05) is 81.7 Å². The molecule has 0 aliphatic carbocycles. The van der Waals surface area contributed by atoms with Crippen LogP contribution < -0.4 is 10.2 Å². The van der Waals surface area contributed by atoms with E-state index in [4.69, 9.17) is 69.6 Å². The molecule has 4 nitrogen and oxygen atoms in total. The largest absolute Gasteiger partial charge is 0.548 e. The van der Waals surface area contributed by atoms with Crippen molar-refractivity contribution in [1.29, 1.82) is 0 Å². The van der Waals surface area contributed by atoms with Crippen molar-refractivity contribution in [1.82, 2.24) is 0 Å². The van der Waals surface area contributed by atoms with Crippen molar-refractivity contribution < 1.29 is 19.8 Å². The number of carboxylic acid groups (broad SMARTS) is 2. The summed E-state index contributed by atoms with van der Waals surface area (Å²) >= 11 is 35.5. The maximum Gasteiger partial charge on any atom is 0.102 e. The molecule has 132 valence electrons. The van der Waals surface area contributed by atoms with Gasteiger partial charge in [0.15, 0.2) is 0 Å². The summed E-state index contributed by atoms with van der Waals surface area (Å²) in [7, 11) is 0. The Morgan fingerprint density at radius 2 is 0.960 bits per heavy atom. The SMILES string of the molecule is O=C([O-])C(C(=O)[O-])(c1ccc(Cl)c(Cl)c1Cl)c1ccc(Cl)c(Cl)c1Cl. The number of carbonyl (C=O) groups is 2. The molecular weight excluding hydrogens is 457 g/mol. The first-order chi connectivity index (χ1) is 11.6. The Morgan fingerprint density at radius 3 is 1.24 bits per heavy atom. The third kappa shape index (κ3) is 3.16. The summed E-state index contributed by atoms with van der Waals surface area (Å²) in [5, 5.41) is 22.6. The molecule has 0 radical (unpaired) electrons. The average molecular weight is 461 g/mol. The molecule has 0 bridgehead atoms. The molecule has 0 spiro atoms. The number of benzene rings is 2. The van der Waals surface area contributed by atoms with E-state index < -0.39 is 38.5 Å². The minimum atomic E-state index is -2.91. The normalized spacial score (nSPS) is 11.4. The molecule has 10 heteroatoms. The Kier molecular flexibility index (Phi) is 6.04. The second-order valence-electron chi connectivity index (χ2n) is 4.77. The molecule has 0 atom stereocenters. The van der Waals surface area contributed by atoms with E-state index in [0.717, 1.165) is 12.1 Å². The Bertz CT molecular complexity index is 823. The lowest BCUT2D eigenvalue weighted by Gasteiger charge is -2.38. The third-order valence-electron chi connectivity index (χ3n) is 3.49. The zero-order valence-corrected chi connectivity index (χ0v) is 16.2. The first kappa shape index (κ1) is 20.4. The lowest BCUT2D eigenvalue weighted by atomic mass is 9.74. The van der Waals surface area contributed by atoms with Gasteiger partial charge in [-0.2, -0.15) is 0 Å². The van der Waals surface area contributed by atoms with E-state index in [1.165, 1.54) is 12.1 Å². The van der Waals surface area contributed by atoms with Crippen LogP contribution in [0, 0.1) is 0 Å². The van der Waals surface area contributed by atoms with Gasteiger partial charge in [-0.15, -0.1) is 0 Å². The summed E-state index contributed by atoms with van der Waals surface area (Å²) in [4.78, 5) is 23.9. The van der Waals surface area contributed by atoms with E-state index in [-0.39, 0.29) is 20.1 Å². The van der Waals surface area contributed by atoms with Crippen molar-refractivity contribution >= 4 is 81.5 Å².